The van der Waals surface area contributed by atoms with Gasteiger partial charge in [0.05, 0.1) is 6.61 Å². The first-order valence-electron chi connectivity index (χ1n) is 7.18. The van der Waals surface area contributed by atoms with Crippen molar-refractivity contribution in [3.8, 4) is 5.75 Å². The van der Waals surface area contributed by atoms with Crippen LogP contribution in [0.3, 0.4) is 0 Å². The van der Waals surface area contributed by atoms with E-state index < -0.39 is 24.3 Å². The molecule has 0 unspecified atom stereocenters. The number of unbranched alkanes of at least 4 members (excludes halogenated alkanes) is 3. The fourth-order valence-electron chi connectivity index (χ4n) is 2.02. The Bertz CT molecular complexity index is 452. The van der Waals surface area contributed by atoms with Crippen LogP contribution >= 0.6 is 0 Å². The van der Waals surface area contributed by atoms with E-state index >= 15 is 0 Å². The van der Waals surface area contributed by atoms with Crippen molar-refractivity contribution in [2.45, 2.75) is 44.9 Å². The highest BCUT2D eigenvalue weighted by Gasteiger charge is 2.13. The van der Waals surface area contributed by atoms with E-state index in [1.165, 1.54) is 6.42 Å². The Balaban J connectivity index is 2.55. The standard InChI is InChI=1S/C16H22O5/c1-2-3-4-5-10-21-13-8-6-12(7-9-13)14(16(19)20)11-15(17)18/h6-9,14H,2-5,10-11H2,1H3,(H,17,18)(H,19,20)/p-2/t14-/m0/s1. The maximum atomic E-state index is 11.0. The van der Waals surface area contributed by atoms with E-state index in [2.05, 4.69) is 6.92 Å². The zero-order valence-corrected chi connectivity index (χ0v) is 12.2. The number of rotatable bonds is 10. The van der Waals surface area contributed by atoms with Crippen molar-refractivity contribution in [3.05, 3.63) is 29.8 Å². The molecule has 0 aromatic heterocycles. The molecule has 5 heteroatoms. The predicted molar refractivity (Wildman–Crippen MR) is 73.5 cm³/mol. The second-order valence-electron chi connectivity index (χ2n) is 4.93. The molecule has 116 valence electrons. The van der Waals surface area contributed by atoms with Crippen LogP contribution in [-0.2, 0) is 9.59 Å². The van der Waals surface area contributed by atoms with Gasteiger partial charge in [0.2, 0.25) is 0 Å². The lowest BCUT2D eigenvalue weighted by Gasteiger charge is -2.19. The van der Waals surface area contributed by atoms with Gasteiger partial charge in [-0.2, -0.15) is 0 Å². The highest BCUT2D eigenvalue weighted by Crippen LogP contribution is 2.22. The molecule has 1 aromatic rings. The van der Waals surface area contributed by atoms with Gasteiger partial charge in [0.15, 0.2) is 0 Å². The maximum absolute atomic E-state index is 11.0. The van der Waals surface area contributed by atoms with Crippen LogP contribution in [0.5, 0.6) is 5.75 Å². The van der Waals surface area contributed by atoms with Crippen LogP contribution < -0.4 is 14.9 Å². The first-order valence-corrected chi connectivity index (χ1v) is 7.18. The average molecular weight is 292 g/mol. The molecule has 1 atom stereocenters. The quantitative estimate of drug-likeness (QED) is 0.590. The number of carbonyl (C=O) groups excluding carboxylic acids is 2. The lowest BCUT2D eigenvalue weighted by atomic mass is 9.96. The zero-order valence-electron chi connectivity index (χ0n) is 12.2. The largest absolute Gasteiger partial charge is 0.550 e. The highest BCUT2D eigenvalue weighted by atomic mass is 16.5. The number of ether oxygens (including phenoxy) is 1. The Morgan fingerprint density at radius 2 is 1.76 bits per heavy atom. The summed E-state index contributed by atoms with van der Waals surface area (Å²) in [5, 5.41) is 21.5. The molecule has 5 nitrogen and oxygen atoms in total. The number of carboxylic acid groups (broad SMARTS) is 2. The summed E-state index contributed by atoms with van der Waals surface area (Å²) < 4.78 is 5.54. The van der Waals surface area contributed by atoms with Crippen LogP contribution in [0.15, 0.2) is 24.3 Å². The predicted octanol–water partition coefficient (Wildman–Crippen LogP) is 0.619. The summed E-state index contributed by atoms with van der Waals surface area (Å²) in [5.74, 6) is -3.40. The fraction of sp³-hybridized carbons (Fsp3) is 0.500. The smallest absolute Gasteiger partial charge is 0.119 e. The molecule has 1 aromatic carbocycles. The lowest BCUT2D eigenvalue weighted by molar-refractivity contribution is -0.317. The minimum Gasteiger partial charge on any atom is -0.550 e. The Labute approximate surface area is 124 Å². The SMILES string of the molecule is CCCCCCOc1ccc([C@H](CC(=O)[O-])C(=O)[O-])cc1. The summed E-state index contributed by atoms with van der Waals surface area (Å²) in [6.07, 6.45) is 3.84. The molecule has 0 N–H and O–H groups in total. The molecular weight excluding hydrogens is 272 g/mol. The molecule has 0 saturated heterocycles. The molecule has 0 amide bonds. The summed E-state index contributed by atoms with van der Waals surface area (Å²) >= 11 is 0. The summed E-state index contributed by atoms with van der Waals surface area (Å²) in [6, 6.07) is 6.37. The van der Waals surface area contributed by atoms with E-state index in [1.54, 1.807) is 24.3 Å². The van der Waals surface area contributed by atoms with Gasteiger partial charge in [-0.05, 0) is 30.5 Å². The molecular formula is C16H20O5-2. The van der Waals surface area contributed by atoms with Crippen molar-refractivity contribution in [1.29, 1.82) is 0 Å². The zero-order chi connectivity index (χ0) is 15.7. The van der Waals surface area contributed by atoms with E-state index in [4.69, 9.17) is 4.74 Å². The van der Waals surface area contributed by atoms with Gasteiger partial charge in [0.1, 0.15) is 5.75 Å². The van der Waals surface area contributed by atoms with Crippen LogP contribution in [0.25, 0.3) is 0 Å². The number of carbonyl (C=O) groups is 2. The van der Waals surface area contributed by atoms with E-state index in [9.17, 15) is 19.8 Å². The summed E-state index contributed by atoms with van der Waals surface area (Å²) in [7, 11) is 0. The second kappa shape index (κ2) is 9.00. The van der Waals surface area contributed by atoms with Gasteiger partial charge in [-0.3, -0.25) is 0 Å². The van der Waals surface area contributed by atoms with Crippen LogP contribution in [0.2, 0.25) is 0 Å². The molecule has 0 bridgehead atoms. The average Bonchev–Trinajstić information content (AvgIpc) is 2.45. The third kappa shape index (κ3) is 6.29. The van der Waals surface area contributed by atoms with E-state index in [0.29, 0.717) is 17.9 Å². The van der Waals surface area contributed by atoms with Gasteiger partial charge < -0.3 is 24.5 Å². The topological polar surface area (TPSA) is 89.5 Å². The van der Waals surface area contributed by atoms with E-state index in [-0.39, 0.29) is 0 Å². The van der Waals surface area contributed by atoms with Crippen molar-refractivity contribution in [1.82, 2.24) is 0 Å². The van der Waals surface area contributed by atoms with Gasteiger partial charge in [0, 0.05) is 17.9 Å². The van der Waals surface area contributed by atoms with Crippen LogP contribution in [0.1, 0.15) is 50.5 Å². The first kappa shape index (κ1) is 17.0. The third-order valence-electron chi connectivity index (χ3n) is 3.20. The van der Waals surface area contributed by atoms with Crippen LogP contribution in [0.4, 0.5) is 0 Å². The van der Waals surface area contributed by atoms with Crippen molar-refractivity contribution >= 4 is 11.9 Å². The first-order chi connectivity index (χ1) is 10.0. The highest BCUT2D eigenvalue weighted by molar-refractivity contribution is 5.80. The monoisotopic (exact) mass is 292 g/mol. The molecule has 0 aliphatic rings. The van der Waals surface area contributed by atoms with Crippen LogP contribution in [0, 0.1) is 0 Å². The number of carboxylic acids is 2. The van der Waals surface area contributed by atoms with Gasteiger partial charge in [-0.15, -0.1) is 0 Å². The molecule has 0 spiro atoms. The number of aliphatic carboxylic acids is 2. The fourth-order valence-corrected chi connectivity index (χ4v) is 2.02. The lowest BCUT2D eigenvalue weighted by Crippen LogP contribution is -2.34. The second-order valence-corrected chi connectivity index (χ2v) is 4.93. The Kier molecular flexibility index (Phi) is 7.29. The molecule has 0 aliphatic heterocycles. The minimum atomic E-state index is -1.42. The molecule has 0 heterocycles. The Morgan fingerprint density at radius 3 is 2.29 bits per heavy atom. The Hall–Kier alpha value is -2.04. The Morgan fingerprint density at radius 1 is 1.10 bits per heavy atom. The minimum absolute atomic E-state index is 0.373. The number of hydrogen-bond donors (Lipinski definition) is 0. The van der Waals surface area contributed by atoms with Crippen molar-refractivity contribution < 1.29 is 24.5 Å². The summed E-state index contributed by atoms with van der Waals surface area (Å²) in [4.78, 5) is 21.5. The van der Waals surface area contributed by atoms with Gasteiger partial charge >= 0.3 is 0 Å². The van der Waals surface area contributed by atoms with Crippen molar-refractivity contribution in [3.63, 3.8) is 0 Å². The normalized spacial score (nSPS) is 11.9. The molecule has 0 radical (unpaired) electrons. The molecule has 0 aliphatic carbocycles. The van der Waals surface area contributed by atoms with Crippen molar-refractivity contribution in [2.75, 3.05) is 6.61 Å². The van der Waals surface area contributed by atoms with Crippen LogP contribution in [-0.4, -0.2) is 18.5 Å². The summed E-state index contributed by atoms with van der Waals surface area (Å²) in [5.41, 5.74) is 0.373. The molecule has 21 heavy (non-hydrogen) atoms. The van der Waals surface area contributed by atoms with Gasteiger partial charge in [0.25, 0.3) is 0 Å². The molecule has 0 fully saturated rings. The van der Waals surface area contributed by atoms with E-state index in [1.807, 2.05) is 0 Å². The van der Waals surface area contributed by atoms with Gasteiger partial charge in [-0.25, -0.2) is 0 Å². The maximum Gasteiger partial charge on any atom is 0.119 e. The number of benzene rings is 1. The van der Waals surface area contributed by atoms with Gasteiger partial charge in [-0.1, -0.05) is 38.3 Å². The molecule has 1 rings (SSSR count). The number of hydrogen-bond acceptors (Lipinski definition) is 5. The van der Waals surface area contributed by atoms with Crippen molar-refractivity contribution in [2.24, 2.45) is 0 Å². The summed E-state index contributed by atoms with van der Waals surface area (Å²) in [6.45, 7) is 2.75. The third-order valence-corrected chi connectivity index (χ3v) is 3.20. The molecule has 0 saturated carbocycles. The van der Waals surface area contributed by atoms with E-state index in [0.717, 1.165) is 19.3 Å².